The quantitative estimate of drug-likeness (QED) is 0.346. The summed E-state index contributed by atoms with van der Waals surface area (Å²) in [7, 11) is -5.18. The largest absolute Gasteiger partial charge is 0.497 e. The zero-order valence-corrected chi connectivity index (χ0v) is 25.7. The van der Waals surface area contributed by atoms with E-state index in [0.717, 1.165) is 16.4 Å². The molecule has 0 aliphatic carbocycles. The molecular weight excluding hydrogens is 601 g/mol. The lowest BCUT2D eigenvalue weighted by molar-refractivity contribution is 0.0387. The van der Waals surface area contributed by atoms with Crippen LogP contribution in [0, 0.1) is 11.7 Å². The number of halogens is 1. The smallest absolute Gasteiger partial charge is 0.261 e. The number of carbonyl (C=O) groups excluding carboxylic acids is 1. The second-order valence-corrected chi connectivity index (χ2v) is 14.1. The zero-order valence-electron chi connectivity index (χ0n) is 24.1. The van der Waals surface area contributed by atoms with Gasteiger partial charge in [0.1, 0.15) is 23.4 Å². The molecule has 0 saturated heterocycles. The molecule has 0 radical (unpaired) electrons. The number of carbonyl (C=O) groups is 1. The van der Waals surface area contributed by atoms with Gasteiger partial charge in [0.25, 0.3) is 15.9 Å². The molecule has 4 rings (SSSR count). The van der Waals surface area contributed by atoms with Crippen molar-refractivity contribution in [3.8, 4) is 11.5 Å². The molecule has 0 saturated carbocycles. The molecule has 0 aromatic heterocycles. The number of hydrogen-bond acceptors (Lipinski definition) is 8. The molecule has 0 bridgehead atoms. The zero-order chi connectivity index (χ0) is 31.5. The molecule has 1 heterocycles. The first-order valence-corrected chi connectivity index (χ1v) is 16.3. The van der Waals surface area contributed by atoms with Gasteiger partial charge in [-0.25, -0.2) is 21.2 Å². The summed E-state index contributed by atoms with van der Waals surface area (Å²) >= 11 is 0. The van der Waals surface area contributed by atoms with E-state index in [1.807, 2.05) is 0 Å². The second kappa shape index (κ2) is 12.9. The summed E-state index contributed by atoms with van der Waals surface area (Å²) in [5.74, 6) is -0.828. The van der Waals surface area contributed by atoms with Crippen molar-refractivity contribution in [1.82, 2.24) is 9.21 Å². The van der Waals surface area contributed by atoms with E-state index >= 15 is 0 Å². The summed E-state index contributed by atoms with van der Waals surface area (Å²) in [5.41, 5.74) is 0.139. The van der Waals surface area contributed by atoms with Gasteiger partial charge in [-0.05, 0) is 73.7 Å². The minimum atomic E-state index is -4.02. The highest BCUT2D eigenvalue weighted by molar-refractivity contribution is 7.92. The lowest BCUT2D eigenvalue weighted by Crippen LogP contribution is -2.50. The molecule has 1 aliphatic heterocycles. The molecule has 0 fully saturated rings. The molecular formula is C29H34FN3O8S2. The lowest BCUT2D eigenvalue weighted by Gasteiger charge is -2.38. The van der Waals surface area contributed by atoms with E-state index in [0.29, 0.717) is 5.75 Å². The summed E-state index contributed by atoms with van der Waals surface area (Å²) in [5, 5.41) is 9.90. The van der Waals surface area contributed by atoms with Crippen molar-refractivity contribution < 1.29 is 40.6 Å². The van der Waals surface area contributed by atoms with Gasteiger partial charge in [0.15, 0.2) is 0 Å². The Morgan fingerprint density at radius 2 is 1.70 bits per heavy atom. The van der Waals surface area contributed by atoms with E-state index in [1.54, 1.807) is 13.8 Å². The number of sulfonamides is 2. The van der Waals surface area contributed by atoms with Crippen molar-refractivity contribution in [3.05, 3.63) is 78.1 Å². The number of ether oxygens (including phenoxy) is 2. The van der Waals surface area contributed by atoms with Crippen LogP contribution in [0.4, 0.5) is 10.1 Å². The highest BCUT2D eigenvalue weighted by atomic mass is 32.2. The Kier molecular flexibility index (Phi) is 9.64. The Morgan fingerprint density at radius 1 is 1.07 bits per heavy atom. The fraction of sp³-hybridized carbons (Fsp3) is 0.345. The van der Waals surface area contributed by atoms with Crippen LogP contribution in [0.1, 0.15) is 24.2 Å². The predicted octanol–water partition coefficient (Wildman–Crippen LogP) is 3.18. The van der Waals surface area contributed by atoms with E-state index in [1.165, 1.54) is 73.7 Å². The number of fused-ring (bicyclic) bond motifs is 1. The third-order valence-corrected chi connectivity index (χ3v) is 10.5. The number of anilines is 1. The molecule has 1 aliphatic rings. The van der Waals surface area contributed by atoms with Gasteiger partial charge < -0.3 is 19.5 Å². The highest BCUT2D eigenvalue weighted by Crippen LogP contribution is 2.32. The van der Waals surface area contributed by atoms with Crippen LogP contribution in [0.5, 0.6) is 11.5 Å². The van der Waals surface area contributed by atoms with Gasteiger partial charge >= 0.3 is 0 Å². The summed E-state index contributed by atoms with van der Waals surface area (Å²) in [6.45, 7) is 3.15. The maximum absolute atomic E-state index is 13.7. The van der Waals surface area contributed by atoms with E-state index in [-0.39, 0.29) is 52.4 Å². The summed E-state index contributed by atoms with van der Waals surface area (Å²) < 4.78 is 80.8. The van der Waals surface area contributed by atoms with Crippen LogP contribution in [0.2, 0.25) is 0 Å². The Balaban J connectivity index is 1.67. The average Bonchev–Trinajstić information content (AvgIpc) is 2.98. The molecule has 0 spiro atoms. The average molecular weight is 636 g/mol. The molecule has 3 atom stereocenters. The molecule has 232 valence electrons. The van der Waals surface area contributed by atoms with Crippen molar-refractivity contribution in [3.63, 3.8) is 0 Å². The van der Waals surface area contributed by atoms with Gasteiger partial charge in [-0.15, -0.1) is 0 Å². The normalized spacial score (nSPS) is 18.3. The Bertz CT molecular complexity index is 1670. The van der Waals surface area contributed by atoms with E-state index in [2.05, 4.69) is 4.72 Å². The van der Waals surface area contributed by atoms with Crippen molar-refractivity contribution >= 4 is 31.6 Å². The van der Waals surface area contributed by atoms with Gasteiger partial charge in [-0.3, -0.25) is 9.52 Å². The van der Waals surface area contributed by atoms with Crippen LogP contribution in [0.15, 0.2) is 76.5 Å². The van der Waals surface area contributed by atoms with Crippen LogP contribution < -0.4 is 14.2 Å². The molecule has 11 nitrogen and oxygen atoms in total. The summed E-state index contributed by atoms with van der Waals surface area (Å²) in [6.07, 6.45) is -0.748. The van der Waals surface area contributed by atoms with E-state index in [4.69, 9.17) is 9.47 Å². The Labute approximate surface area is 250 Å². The Morgan fingerprint density at radius 3 is 2.30 bits per heavy atom. The number of amides is 1. The van der Waals surface area contributed by atoms with Crippen molar-refractivity contribution in [1.29, 1.82) is 0 Å². The van der Waals surface area contributed by atoms with Gasteiger partial charge in [-0.1, -0.05) is 6.92 Å². The number of benzene rings is 3. The van der Waals surface area contributed by atoms with Crippen molar-refractivity contribution in [2.45, 2.75) is 35.8 Å². The van der Waals surface area contributed by atoms with Crippen LogP contribution in [0.25, 0.3) is 0 Å². The number of nitrogens with one attached hydrogen (secondary N) is 1. The minimum absolute atomic E-state index is 0.0163. The predicted molar refractivity (Wildman–Crippen MR) is 158 cm³/mol. The first-order valence-electron chi connectivity index (χ1n) is 13.4. The van der Waals surface area contributed by atoms with E-state index in [9.17, 15) is 31.1 Å². The second-order valence-electron chi connectivity index (χ2n) is 10.4. The van der Waals surface area contributed by atoms with Crippen molar-refractivity contribution in [2.75, 3.05) is 38.6 Å². The molecule has 1 amide bonds. The fourth-order valence-electron chi connectivity index (χ4n) is 4.61. The third-order valence-electron chi connectivity index (χ3n) is 7.25. The molecule has 0 unspecified atom stereocenters. The number of aliphatic hydroxyl groups is 1. The number of methoxy groups -OCH3 is 1. The van der Waals surface area contributed by atoms with Gasteiger partial charge in [0.05, 0.1) is 41.7 Å². The molecule has 3 aromatic carbocycles. The number of aliphatic hydroxyl groups excluding tert-OH is 1. The molecule has 3 aromatic rings. The third kappa shape index (κ3) is 7.09. The monoisotopic (exact) mass is 635 g/mol. The van der Waals surface area contributed by atoms with Crippen LogP contribution >= 0.6 is 0 Å². The van der Waals surface area contributed by atoms with Gasteiger partial charge in [-0.2, -0.15) is 4.31 Å². The summed E-state index contributed by atoms with van der Waals surface area (Å²) in [4.78, 5) is 15.1. The number of nitrogens with zero attached hydrogens (tertiary/aromatic N) is 2. The summed E-state index contributed by atoms with van der Waals surface area (Å²) in [6, 6.07) is 13.9. The fourth-order valence-corrected chi connectivity index (χ4v) is 6.84. The maximum Gasteiger partial charge on any atom is 0.261 e. The standard InChI is InChI=1S/C29H34FN3O8S2/c1-19-16-33(20(2)18-34)29(35)26-15-22(31-42(36,37)24-12-8-23(40-4)9-13-24)7-14-27(26)41-28(19)17-32(3)43(38,39)25-10-5-21(30)6-11-25/h5-15,19-20,28,31,34H,16-18H2,1-4H3/t19-,20-,28+/m1/s1. The number of rotatable bonds is 10. The lowest BCUT2D eigenvalue weighted by atomic mass is 9.99. The van der Waals surface area contributed by atoms with Crippen LogP contribution in [-0.4, -0.2) is 83.1 Å². The molecule has 14 heteroatoms. The van der Waals surface area contributed by atoms with Gasteiger partial charge in [0, 0.05) is 25.2 Å². The van der Waals surface area contributed by atoms with Crippen molar-refractivity contribution in [2.24, 2.45) is 5.92 Å². The first-order chi connectivity index (χ1) is 20.3. The first kappa shape index (κ1) is 32.2. The molecule has 2 N–H and O–H groups in total. The van der Waals surface area contributed by atoms with Crippen LogP contribution in [0.3, 0.4) is 0 Å². The highest BCUT2D eigenvalue weighted by Gasteiger charge is 2.35. The SMILES string of the molecule is COc1ccc(S(=O)(=O)Nc2ccc3c(c2)C(=O)N([C@H](C)CO)C[C@@H](C)[C@H](CN(C)S(=O)(=O)c2ccc(F)cc2)O3)cc1. The number of hydrogen-bond donors (Lipinski definition) is 2. The Hall–Kier alpha value is -3.72. The minimum Gasteiger partial charge on any atom is -0.497 e. The van der Waals surface area contributed by atoms with Crippen LogP contribution in [-0.2, 0) is 20.0 Å². The topological polar surface area (TPSA) is 143 Å². The van der Waals surface area contributed by atoms with E-state index < -0.39 is 43.9 Å². The molecule has 43 heavy (non-hydrogen) atoms. The van der Waals surface area contributed by atoms with Gasteiger partial charge in [0.2, 0.25) is 10.0 Å². The number of likely N-dealkylation sites (N-methyl/N-ethyl adjacent to an activating group) is 1. The maximum atomic E-state index is 13.7.